The van der Waals surface area contributed by atoms with Gasteiger partial charge in [0.25, 0.3) is 5.91 Å². The quantitative estimate of drug-likeness (QED) is 0.375. The molecule has 3 amide bonds. The second kappa shape index (κ2) is 9.76. The lowest BCUT2D eigenvalue weighted by Crippen LogP contribution is -2.34. The van der Waals surface area contributed by atoms with Gasteiger partial charge in [-0.05, 0) is 68.1 Å². The van der Waals surface area contributed by atoms with Gasteiger partial charge in [-0.1, -0.05) is 12.1 Å². The van der Waals surface area contributed by atoms with Gasteiger partial charge in [0, 0.05) is 5.69 Å². The van der Waals surface area contributed by atoms with Crippen molar-refractivity contribution in [3.05, 3.63) is 59.2 Å². The van der Waals surface area contributed by atoms with E-state index in [1.54, 1.807) is 12.1 Å². The van der Waals surface area contributed by atoms with Crippen LogP contribution in [0.15, 0.2) is 42.5 Å². The zero-order chi connectivity index (χ0) is 24.6. The molecule has 0 radical (unpaired) electrons. The molecule has 1 saturated carbocycles. The second-order valence-electron chi connectivity index (χ2n) is 8.78. The number of halogens is 2. The highest BCUT2D eigenvalue weighted by Crippen LogP contribution is 2.43. The molecule has 0 aromatic heterocycles. The smallest absolute Gasteiger partial charge is 0.338 e. The Labute approximate surface area is 207 Å². The lowest BCUT2D eigenvalue weighted by Gasteiger charge is -2.28. The van der Waals surface area contributed by atoms with Crippen molar-refractivity contribution in [3.63, 3.8) is 0 Å². The number of aryl methyl sites for hydroxylation is 2. The van der Waals surface area contributed by atoms with Crippen LogP contribution in [0.3, 0.4) is 0 Å². The molecule has 1 aliphatic heterocycles. The summed E-state index contributed by atoms with van der Waals surface area (Å²) in [5, 5.41) is 1.94. The number of carbonyl (C=O) groups is 4. The van der Waals surface area contributed by atoms with Crippen molar-refractivity contribution in [2.75, 3.05) is 16.8 Å². The van der Waals surface area contributed by atoms with Crippen LogP contribution in [0.1, 0.15) is 34.3 Å². The van der Waals surface area contributed by atoms with Gasteiger partial charge in [0.2, 0.25) is 11.8 Å². The van der Waals surface area contributed by atoms with Crippen LogP contribution in [-0.4, -0.2) is 41.1 Å². The van der Waals surface area contributed by atoms with Crippen LogP contribution < -0.4 is 10.2 Å². The molecule has 1 N–H and O–H groups in total. The Morgan fingerprint density at radius 3 is 2.15 bits per heavy atom. The summed E-state index contributed by atoms with van der Waals surface area (Å²) in [5.41, 5.74) is 3.01. The van der Waals surface area contributed by atoms with E-state index >= 15 is 0 Å². The lowest BCUT2D eigenvalue weighted by molar-refractivity contribution is -0.122. The van der Waals surface area contributed by atoms with Gasteiger partial charge in [-0.15, -0.1) is 23.2 Å². The molecule has 1 saturated heterocycles. The average Bonchev–Trinajstić information content (AvgIpc) is 3.01. The predicted octanol–water partition coefficient (Wildman–Crippen LogP) is 4.21. The normalized spacial score (nSPS) is 24.1. The minimum absolute atomic E-state index is 0.123. The monoisotopic (exact) mass is 502 g/mol. The van der Waals surface area contributed by atoms with E-state index < -0.39 is 30.3 Å². The zero-order valence-electron chi connectivity index (χ0n) is 18.7. The van der Waals surface area contributed by atoms with Crippen LogP contribution in [0.4, 0.5) is 11.4 Å². The molecular weight excluding hydrogens is 479 g/mol. The van der Waals surface area contributed by atoms with E-state index in [-0.39, 0.29) is 33.8 Å². The molecule has 2 fully saturated rings. The Bertz CT molecular complexity index is 1120. The summed E-state index contributed by atoms with van der Waals surface area (Å²) >= 11 is 12.5. The summed E-state index contributed by atoms with van der Waals surface area (Å²) in [5.74, 6) is -2.94. The van der Waals surface area contributed by atoms with Gasteiger partial charge in [0.05, 0.1) is 33.8 Å². The Morgan fingerprint density at radius 2 is 1.56 bits per heavy atom. The Kier molecular flexibility index (Phi) is 6.96. The lowest BCUT2D eigenvalue weighted by atomic mass is 9.80. The minimum atomic E-state index is -0.740. The fourth-order valence-corrected chi connectivity index (χ4v) is 5.17. The van der Waals surface area contributed by atoms with Crippen molar-refractivity contribution in [1.29, 1.82) is 0 Å². The van der Waals surface area contributed by atoms with Crippen molar-refractivity contribution < 1.29 is 23.9 Å². The molecule has 2 aliphatic rings. The number of alkyl halides is 2. The number of benzene rings is 2. The molecule has 0 unspecified atom stereocenters. The van der Waals surface area contributed by atoms with Gasteiger partial charge >= 0.3 is 5.97 Å². The fraction of sp³-hybridized carbons (Fsp3) is 0.360. The number of hydrogen-bond acceptors (Lipinski definition) is 5. The van der Waals surface area contributed by atoms with Crippen molar-refractivity contribution in [1.82, 2.24) is 0 Å². The van der Waals surface area contributed by atoms with Crippen LogP contribution in [-0.2, 0) is 19.1 Å². The fourth-order valence-electron chi connectivity index (χ4n) is 4.58. The van der Waals surface area contributed by atoms with Crippen molar-refractivity contribution in [2.24, 2.45) is 11.8 Å². The molecule has 4 rings (SSSR count). The van der Waals surface area contributed by atoms with Gasteiger partial charge in [0.1, 0.15) is 0 Å². The Balaban J connectivity index is 1.42. The number of ether oxygens (including phenoxy) is 1. The van der Waals surface area contributed by atoms with Crippen LogP contribution in [0, 0.1) is 25.7 Å². The number of imide groups is 1. The van der Waals surface area contributed by atoms with E-state index in [2.05, 4.69) is 5.32 Å². The minimum Gasteiger partial charge on any atom is -0.452 e. The topological polar surface area (TPSA) is 92.8 Å². The first kappa shape index (κ1) is 24.2. The molecule has 4 atom stereocenters. The predicted molar refractivity (Wildman–Crippen MR) is 129 cm³/mol. The number of amides is 3. The van der Waals surface area contributed by atoms with Crippen LogP contribution in [0.25, 0.3) is 0 Å². The number of hydrogen-bond donors (Lipinski definition) is 1. The molecule has 34 heavy (non-hydrogen) atoms. The third-order valence-electron chi connectivity index (χ3n) is 6.09. The molecule has 7 nitrogen and oxygen atoms in total. The number of nitrogens with zero attached hydrogens (tertiary/aromatic N) is 1. The maximum absolute atomic E-state index is 13.0. The summed E-state index contributed by atoms with van der Waals surface area (Å²) in [6.45, 7) is 3.36. The first-order chi connectivity index (χ1) is 16.1. The number of nitrogens with one attached hydrogen (secondary N) is 1. The number of carbonyl (C=O) groups excluding carboxylic acids is 4. The van der Waals surface area contributed by atoms with E-state index in [1.807, 2.05) is 32.0 Å². The van der Waals surface area contributed by atoms with E-state index in [9.17, 15) is 19.2 Å². The first-order valence-electron chi connectivity index (χ1n) is 11.0. The number of fused-ring (bicyclic) bond motifs is 1. The molecule has 1 aliphatic carbocycles. The van der Waals surface area contributed by atoms with E-state index in [1.165, 1.54) is 12.1 Å². The van der Waals surface area contributed by atoms with Crippen LogP contribution in [0.5, 0.6) is 0 Å². The summed E-state index contributed by atoms with van der Waals surface area (Å²) in [6.07, 6.45) is 0.664. The van der Waals surface area contributed by atoms with Gasteiger partial charge in [-0.3, -0.25) is 19.3 Å². The molecule has 178 valence electrons. The van der Waals surface area contributed by atoms with E-state index in [0.717, 1.165) is 16.0 Å². The highest BCUT2D eigenvalue weighted by molar-refractivity contribution is 6.31. The van der Waals surface area contributed by atoms with Crippen molar-refractivity contribution >= 4 is 58.3 Å². The summed E-state index contributed by atoms with van der Waals surface area (Å²) in [7, 11) is 0. The largest absolute Gasteiger partial charge is 0.452 e. The Hall–Kier alpha value is -2.90. The van der Waals surface area contributed by atoms with Gasteiger partial charge in [-0.25, -0.2) is 4.79 Å². The third-order valence-corrected chi connectivity index (χ3v) is 7.19. The SMILES string of the molecule is Cc1cc(C)cc(NC(=O)COC(=O)c2cccc(N3C(=O)[C@@H]4C[C@H](Cl)[C@@H](Cl)C[C@H]4C3=O)c2)c1. The van der Waals surface area contributed by atoms with Crippen LogP contribution in [0.2, 0.25) is 0 Å². The highest BCUT2D eigenvalue weighted by Gasteiger charge is 2.52. The number of esters is 1. The Morgan fingerprint density at radius 1 is 0.971 bits per heavy atom. The van der Waals surface area contributed by atoms with E-state index in [0.29, 0.717) is 18.5 Å². The second-order valence-corrected chi connectivity index (χ2v) is 9.90. The number of rotatable bonds is 5. The standard InChI is InChI=1S/C25H24Cl2N2O5/c1-13-6-14(2)8-16(7-13)28-22(30)12-34-25(33)15-4-3-5-17(9-15)29-23(31)18-10-20(26)21(27)11-19(18)24(29)32/h3-9,18-21H,10-12H2,1-2H3,(H,28,30)/t18-,19-,20+,21+/m1/s1. The van der Waals surface area contributed by atoms with Gasteiger partial charge in [0.15, 0.2) is 6.61 Å². The van der Waals surface area contributed by atoms with Crippen LogP contribution >= 0.6 is 23.2 Å². The molecule has 2 aromatic carbocycles. The molecule has 1 heterocycles. The molecule has 0 spiro atoms. The van der Waals surface area contributed by atoms with Crippen molar-refractivity contribution in [3.8, 4) is 0 Å². The summed E-state index contributed by atoms with van der Waals surface area (Å²) in [4.78, 5) is 51.8. The molecule has 0 bridgehead atoms. The first-order valence-corrected chi connectivity index (χ1v) is 11.8. The highest BCUT2D eigenvalue weighted by atomic mass is 35.5. The average molecular weight is 503 g/mol. The summed E-state index contributed by atoms with van der Waals surface area (Å²) in [6, 6.07) is 11.7. The number of anilines is 2. The maximum Gasteiger partial charge on any atom is 0.338 e. The van der Waals surface area contributed by atoms with Gasteiger partial charge < -0.3 is 10.1 Å². The van der Waals surface area contributed by atoms with Crippen molar-refractivity contribution in [2.45, 2.75) is 37.4 Å². The third kappa shape index (κ3) is 4.95. The van der Waals surface area contributed by atoms with E-state index in [4.69, 9.17) is 27.9 Å². The molecule has 2 aromatic rings. The zero-order valence-corrected chi connectivity index (χ0v) is 20.2. The maximum atomic E-state index is 13.0. The molecule has 9 heteroatoms. The summed E-state index contributed by atoms with van der Waals surface area (Å²) < 4.78 is 5.14. The van der Waals surface area contributed by atoms with Gasteiger partial charge in [-0.2, -0.15) is 0 Å². The molecular formula is C25H24Cl2N2O5.